The average Bonchev–Trinajstić information content (AvgIpc) is 3.19. The zero-order valence-corrected chi connectivity index (χ0v) is 37.8. The SMILES string of the molecule is CCCCCC(=O)/C=C/C=C\C/C=C\C/C=C\CCCC(=O)O[C@H](COC(=O)CCCCCCCCCCCCC(C)CC)COP(=O)(O)OC[C@@H](O)COP(=O)(O)O. The Balaban J connectivity index is 4.67. The summed E-state index contributed by atoms with van der Waals surface area (Å²) >= 11 is 0. The van der Waals surface area contributed by atoms with Gasteiger partial charge in [-0.15, -0.1) is 0 Å². The van der Waals surface area contributed by atoms with Crippen molar-refractivity contribution >= 4 is 33.4 Å². The number of phosphoric ester groups is 2. The Morgan fingerprint density at radius 3 is 1.81 bits per heavy atom. The molecule has 59 heavy (non-hydrogen) atoms. The maximum atomic E-state index is 12.6. The molecule has 0 aliphatic rings. The summed E-state index contributed by atoms with van der Waals surface area (Å²) in [6.45, 7) is 3.84. The Kier molecular flexibility index (Phi) is 36.1. The summed E-state index contributed by atoms with van der Waals surface area (Å²) in [5, 5.41) is 9.74. The highest BCUT2D eigenvalue weighted by atomic mass is 31.2. The highest BCUT2D eigenvalue weighted by molar-refractivity contribution is 7.47. The van der Waals surface area contributed by atoms with Gasteiger partial charge in [-0.2, -0.15) is 0 Å². The van der Waals surface area contributed by atoms with Crippen molar-refractivity contribution in [2.75, 3.05) is 26.4 Å². The monoisotopic (exact) mass is 878 g/mol. The van der Waals surface area contributed by atoms with E-state index in [1.165, 1.54) is 51.4 Å². The predicted octanol–water partition coefficient (Wildman–Crippen LogP) is 10.1. The van der Waals surface area contributed by atoms with Crippen LogP contribution in [0.1, 0.15) is 162 Å². The second-order valence-corrected chi connectivity index (χ2v) is 17.6. The fourth-order valence-electron chi connectivity index (χ4n) is 5.51. The number of phosphoric acid groups is 2. The zero-order chi connectivity index (χ0) is 44.0. The third kappa shape index (κ3) is 40.9. The van der Waals surface area contributed by atoms with Gasteiger partial charge in [0, 0.05) is 19.3 Å². The molecule has 0 aromatic carbocycles. The molecule has 0 bridgehead atoms. The topological polar surface area (TPSA) is 212 Å². The molecule has 2 unspecified atom stereocenters. The number of aliphatic hydroxyl groups is 1. The first kappa shape index (κ1) is 56.8. The van der Waals surface area contributed by atoms with Gasteiger partial charge in [-0.3, -0.25) is 28.0 Å². The molecule has 342 valence electrons. The number of rotatable bonds is 40. The van der Waals surface area contributed by atoms with Crippen LogP contribution in [0.25, 0.3) is 0 Å². The van der Waals surface area contributed by atoms with Crippen LogP contribution in [0, 0.1) is 5.92 Å². The number of ketones is 1. The Morgan fingerprint density at radius 1 is 0.610 bits per heavy atom. The van der Waals surface area contributed by atoms with Crippen molar-refractivity contribution in [3.05, 3.63) is 48.6 Å². The van der Waals surface area contributed by atoms with Crippen LogP contribution < -0.4 is 0 Å². The van der Waals surface area contributed by atoms with Gasteiger partial charge in [0.15, 0.2) is 11.9 Å². The quantitative estimate of drug-likeness (QED) is 0.0113. The third-order valence-electron chi connectivity index (χ3n) is 9.23. The van der Waals surface area contributed by atoms with Crippen LogP contribution >= 0.6 is 15.6 Å². The summed E-state index contributed by atoms with van der Waals surface area (Å²) in [6.07, 6.45) is 32.4. The molecule has 0 aromatic rings. The molecule has 0 saturated heterocycles. The van der Waals surface area contributed by atoms with Crippen molar-refractivity contribution in [1.82, 2.24) is 0 Å². The zero-order valence-electron chi connectivity index (χ0n) is 36.0. The number of hydrogen-bond acceptors (Lipinski definition) is 11. The molecule has 0 aliphatic heterocycles. The van der Waals surface area contributed by atoms with Gasteiger partial charge < -0.3 is 29.3 Å². The van der Waals surface area contributed by atoms with Crippen molar-refractivity contribution in [2.24, 2.45) is 5.92 Å². The van der Waals surface area contributed by atoms with Gasteiger partial charge in [0.25, 0.3) is 0 Å². The van der Waals surface area contributed by atoms with Crippen molar-refractivity contribution in [2.45, 2.75) is 174 Å². The molecular formula is C43H76O14P2. The first-order chi connectivity index (χ1) is 28.2. The number of aliphatic hydroxyl groups excluding tert-OH is 1. The van der Waals surface area contributed by atoms with Crippen LogP contribution in [-0.4, -0.2) is 76.1 Å². The van der Waals surface area contributed by atoms with Gasteiger partial charge in [0.05, 0.1) is 19.8 Å². The Hall–Kier alpha value is -2.25. The minimum atomic E-state index is -4.88. The summed E-state index contributed by atoms with van der Waals surface area (Å²) in [5.74, 6) is -0.173. The minimum Gasteiger partial charge on any atom is -0.462 e. The van der Waals surface area contributed by atoms with Crippen LogP contribution in [0.15, 0.2) is 48.6 Å². The minimum absolute atomic E-state index is 0.0291. The summed E-state index contributed by atoms with van der Waals surface area (Å²) in [6, 6.07) is 0. The Labute approximate surface area is 354 Å². The second kappa shape index (κ2) is 37.5. The van der Waals surface area contributed by atoms with Gasteiger partial charge in [-0.25, -0.2) is 9.13 Å². The Bertz CT molecular complexity index is 1310. The van der Waals surface area contributed by atoms with Gasteiger partial charge >= 0.3 is 27.6 Å². The number of carbonyl (C=O) groups excluding carboxylic acids is 3. The van der Waals surface area contributed by atoms with E-state index in [4.69, 9.17) is 23.8 Å². The summed E-state index contributed by atoms with van der Waals surface area (Å²) < 4.78 is 47.6. The van der Waals surface area contributed by atoms with E-state index in [0.717, 1.165) is 50.9 Å². The van der Waals surface area contributed by atoms with E-state index in [-0.39, 0.29) is 18.6 Å². The van der Waals surface area contributed by atoms with E-state index in [1.807, 2.05) is 36.5 Å². The van der Waals surface area contributed by atoms with Crippen LogP contribution in [-0.2, 0) is 46.6 Å². The average molecular weight is 879 g/mol. The maximum absolute atomic E-state index is 12.6. The van der Waals surface area contributed by atoms with Crippen molar-refractivity contribution in [1.29, 1.82) is 0 Å². The molecular weight excluding hydrogens is 802 g/mol. The van der Waals surface area contributed by atoms with E-state index >= 15 is 0 Å². The molecule has 0 rings (SSSR count). The molecule has 0 spiro atoms. The summed E-state index contributed by atoms with van der Waals surface area (Å²) in [4.78, 5) is 64.4. The Morgan fingerprint density at radius 2 is 1.17 bits per heavy atom. The van der Waals surface area contributed by atoms with Crippen molar-refractivity contribution in [3.63, 3.8) is 0 Å². The summed E-state index contributed by atoms with van der Waals surface area (Å²) in [7, 11) is -9.71. The number of hydrogen-bond donors (Lipinski definition) is 4. The largest absolute Gasteiger partial charge is 0.472 e. The molecule has 0 saturated carbocycles. The smallest absolute Gasteiger partial charge is 0.462 e. The summed E-state index contributed by atoms with van der Waals surface area (Å²) in [5.41, 5.74) is 0. The van der Waals surface area contributed by atoms with E-state index in [1.54, 1.807) is 12.2 Å². The lowest BCUT2D eigenvalue weighted by atomic mass is 9.99. The fourth-order valence-corrected chi connectivity index (χ4v) is 6.66. The lowest BCUT2D eigenvalue weighted by Gasteiger charge is -2.20. The van der Waals surface area contributed by atoms with Gasteiger partial charge in [-0.1, -0.05) is 147 Å². The highest BCUT2D eigenvalue weighted by Crippen LogP contribution is 2.43. The van der Waals surface area contributed by atoms with Crippen molar-refractivity contribution in [3.8, 4) is 0 Å². The first-order valence-corrected chi connectivity index (χ1v) is 24.7. The van der Waals surface area contributed by atoms with Gasteiger partial charge in [0.2, 0.25) is 0 Å². The number of unbranched alkanes of at least 4 members (excludes halogenated alkanes) is 12. The number of ether oxygens (including phenoxy) is 2. The normalized spacial score (nSPS) is 15.0. The van der Waals surface area contributed by atoms with Crippen LogP contribution in [0.5, 0.6) is 0 Å². The number of esters is 2. The second-order valence-electron chi connectivity index (χ2n) is 14.9. The fraction of sp³-hybridized carbons (Fsp3) is 0.744. The van der Waals surface area contributed by atoms with Crippen LogP contribution in [0.2, 0.25) is 0 Å². The van der Waals surface area contributed by atoms with E-state index in [9.17, 15) is 33.5 Å². The maximum Gasteiger partial charge on any atom is 0.472 e. The molecule has 4 N–H and O–H groups in total. The standard InChI is InChI=1S/C43H76O14P2/c1-4-6-24-30-39(44)31-26-21-17-13-8-7-9-15-19-23-28-33-43(47)57-41(37-56-59(51,52)55-35-40(45)34-54-58(48,49)50)36-53-42(46)32-27-22-18-14-11-10-12-16-20-25-29-38(3)5-2/h7-8,15,17,19,21,26,31,38,40-41,45H,4-6,9-14,16,18,20,22-25,27-30,32-37H2,1-3H3,(H,51,52)(H2,48,49,50)/b8-7-,19-15-,21-17-,31-26+/t38?,40-,41+/m0/s1. The van der Waals surface area contributed by atoms with Crippen LogP contribution in [0.3, 0.4) is 0 Å². The van der Waals surface area contributed by atoms with Crippen molar-refractivity contribution < 1.29 is 66.3 Å². The molecule has 0 aliphatic carbocycles. The van der Waals surface area contributed by atoms with Crippen LogP contribution in [0.4, 0.5) is 0 Å². The molecule has 0 aromatic heterocycles. The lowest BCUT2D eigenvalue weighted by molar-refractivity contribution is -0.161. The molecule has 0 amide bonds. The molecule has 14 nitrogen and oxygen atoms in total. The molecule has 16 heteroatoms. The van der Waals surface area contributed by atoms with Gasteiger partial charge in [-0.05, 0) is 50.5 Å². The molecule has 4 atom stereocenters. The molecule has 0 radical (unpaired) electrons. The predicted molar refractivity (Wildman–Crippen MR) is 230 cm³/mol. The van der Waals surface area contributed by atoms with E-state index in [0.29, 0.717) is 32.1 Å². The molecule has 0 heterocycles. The number of allylic oxidation sites excluding steroid dienone is 8. The van der Waals surface area contributed by atoms with Gasteiger partial charge in [0.1, 0.15) is 12.7 Å². The lowest BCUT2D eigenvalue weighted by Crippen LogP contribution is -2.29. The van der Waals surface area contributed by atoms with E-state index in [2.05, 4.69) is 29.8 Å². The first-order valence-electron chi connectivity index (χ1n) is 21.7. The van der Waals surface area contributed by atoms with E-state index < -0.39 is 66.2 Å². The number of carbonyl (C=O) groups is 3. The highest BCUT2D eigenvalue weighted by Gasteiger charge is 2.28. The third-order valence-corrected chi connectivity index (χ3v) is 10.7. The molecule has 0 fully saturated rings.